The predicted octanol–water partition coefficient (Wildman–Crippen LogP) is 14.8. The first-order valence-electron chi connectivity index (χ1n) is 29.2. The molecule has 1 fully saturated rings. The van der Waals surface area contributed by atoms with Crippen molar-refractivity contribution in [2.75, 3.05) is 19.0 Å². The van der Waals surface area contributed by atoms with Crippen LogP contribution in [0.4, 0.5) is 0 Å². The number of ether oxygens (including phenoxy) is 7. The summed E-state index contributed by atoms with van der Waals surface area (Å²) >= 11 is 0. The van der Waals surface area contributed by atoms with E-state index in [1.54, 1.807) is 0 Å². The van der Waals surface area contributed by atoms with Gasteiger partial charge in [-0.3, -0.25) is 14.1 Å². The van der Waals surface area contributed by atoms with E-state index in [0.29, 0.717) is 12.8 Å². The van der Waals surface area contributed by atoms with E-state index in [2.05, 4.69) is 13.8 Å². The average Bonchev–Trinajstić information content (AvgIpc) is 3.41. The summed E-state index contributed by atoms with van der Waals surface area (Å²) in [7, 11) is -4.62. The van der Waals surface area contributed by atoms with Crippen molar-refractivity contribution in [2.24, 2.45) is 0 Å². The third-order valence-corrected chi connectivity index (χ3v) is 14.7. The van der Waals surface area contributed by atoms with Crippen LogP contribution in [-0.4, -0.2) is 80.7 Å². The second-order valence-electron chi connectivity index (χ2n) is 20.7. The van der Waals surface area contributed by atoms with Crippen LogP contribution < -0.4 is 0 Å². The van der Waals surface area contributed by atoms with Gasteiger partial charge in [0.15, 0.2) is 12.4 Å². The fourth-order valence-corrected chi connectivity index (χ4v) is 10.3. The van der Waals surface area contributed by atoms with Gasteiger partial charge >= 0.3 is 11.9 Å². The highest BCUT2D eigenvalue weighted by Crippen LogP contribution is 2.32. The fraction of sp³-hybridized carbons (Fsp3) is 0.677. The molecule has 4 rings (SSSR count). The highest BCUT2D eigenvalue weighted by molar-refractivity contribution is 7.85. The maximum atomic E-state index is 13.5. The molecule has 6 atom stereocenters. The molecule has 1 aliphatic rings. The van der Waals surface area contributed by atoms with E-state index in [9.17, 15) is 22.6 Å². The van der Waals surface area contributed by atoms with E-state index in [4.69, 9.17) is 33.2 Å². The lowest BCUT2D eigenvalue weighted by Gasteiger charge is -2.45. The molecule has 3 aromatic carbocycles. The van der Waals surface area contributed by atoms with Crippen LogP contribution in [0.1, 0.15) is 210 Å². The number of hydrogen-bond donors (Lipinski definition) is 1. The minimum Gasteiger partial charge on any atom is -0.462 e. The van der Waals surface area contributed by atoms with Gasteiger partial charge in [-0.25, -0.2) is 0 Å². The van der Waals surface area contributed by atoms with Crippen LogP contribution in [-0.2, 0) is 72.7 Å². The van der Waals surface area contributed by atoms with Gasteiger partial charge in [-0.05, 0) is 29.5 Å². The molecular weight excluding hydrogens is 969 g/mol. The summed E-state index contributed by atoms with van der Waals surface area (Å²) in [5.74, 6) is -1.63. The Labute approximate surface area is 452 Å². The third kappa shape index (κ3) is 30.2. The Balaban J connectivity index is 1.43. The number of hydrogen-bond acceptors (Lipinski definition) is 11. The molecule has 1 heterocycles. The largest absolute Gasteiger partial charge is 0.462 e. The molecule has 0 radical (unpaired) electrons. The van der Waals surface area contributed by atoms with Crippen molar-refractivity contribution >= 4 is 22.1 Å². The number of carbonyl (C=O) groups is 2. The van der Waals surface area contributed by atoms with Crippen LogP contribution in [0, 0.1) is 0 Å². The van der Waals surface area contributed by atoms with Gasteiger partial charge in [0, 0.05) is 12.8 Å². The van der Waals surface area contributed by atoms with Crippen molar-refractivity contribution in [3.05, 3.63) is 108 Å². The van der Waals surface area contributed by atoms with Gasteiger partial charge in [-0.2, -0.15) is 8.42 Å². The number of unbranched alkanes of at least 4 members (excludes halogenated alkanes) is 24. The molecule has 0 bridgehead atoms. The summed E-state index contributed by atoms with van der Waals surface area (Å²) < 4.78 is 80.2. The summed E-state index contributed by atoms with van der Waals surface area (Å²) in [6.07, 6.45) is 24.8. The number of carbonyl (C=O) groups excluding carboxylic acids is 2. The lowest BCUT2D eigenvalue weighted by Crippen LogP contribution is -2.62. The zero-order valence-corrected chi connectivity index (χ0v) is 46.8. The molecule has 1 saturated heterocycles. The summed E-state index contributed by atoms with van der Waals surface area (Å²) in [4.78, 5) is 26.7. The molecule has 0 saturated carbocycles. The van der Waals surface area contributed by atoms with Crippen molar-refractivity contribution in [1.29, 1.82) is 0 Å². The minimum absolute atomic E-state index is 0.0843. The van der Waals surface area contributed by atoms with E-state index >= 15 is 0 Å². The maximum Gasteiger partial charge on any atom is 0.306 e. The standard InChI is InChI=1S/C62H96O12S/c1-3-5-7-9-11-13-15-17-19-21-23-25-36-44-57(63)68-49-55(73-58(64)45-37-26-24-22-20-18-16-14-12-10-8-6-4-2)50-72-62-61(71-48-54-42-34-29-35-43-54)60(70-47-53-40-32-28-33-41-53)59(56(74-62)51-75(65,66)67)69-46-52-38-30-27-31-39-52/h27-35,38-43,55-56,59-62H,3-26,36-37,44-51H2,1-2H3,(H,65,66,67)/t55?,56-,59-,60+,61-,62+/m1/s1. The second kappa shape index (κ2) is 40.5. The van der Waals surface area contributed by atoms with E-state index in [1.807, 2.05) is 91.0 Å². The van der Waals surface area contributed by atoms with Crippen molar-refractivity contribution in [3.8, 4) is 0 Å². The van der Waals surface area contributed by atoms with Crippen molar-refractivity contribution in [2.45, 2.75) is 250 Å². The van der Waals surface area contributed by atoms with Crippen LogP contribution in [0.2, 0.25) is 0 Å². The van der Waals surface area contributed by atoms with Crippen LogP contribution in [0.15, 0.2) is 91.0 Å². The molecule has 0 aromatic heterocycles. The Kier molecular flexibility index (Phi) is 34.5. The summed E-state index contributed by atoms with van der Waals surface area (Å²) in [5, 5.41) is 0. The number of benzene rings is 3. The minimum atomic E-state index is -4.62. The lowest BCUT2D eigenvalue weighted by atomic mass is 9.98. The van der Waals surface area contributed by atoms with Gasteiger partial charge in [0.05, 0.1) is 26.4 Å². The van der Waals surface area contributed by atoms with Crippen LogP contribution >= 0.6 is 0 Å². The monoisotopic (exact) mass is 1060 g/mol. The van der Waals surface area contributed by atoms with Crippen LogP contribution in [0.25, 0.3) is 0 Å². The first kappa shape index (κ1) is 63.8. The third-order valence-electron chi connectivity index (χ3n) is 14.0. The van der Waals surface area contributed by atoms with Crippen LogP contribution in [0.3, 0.4) is 0 Å². The molecule has 1 N–H and O–H groups in total. The van der Waals surface area contributed by atoms with E-state index in [0.717, 1.165) is 55.2 Å². The van der Waals surface area contributed by atoms with Gasteiger partial charge in [-0.1, -0.05) is 259 Å². The second-order valence-corrected chi connectivity index (χ2v) is 22.2. The predicted molar refractivity (Wildman–Crippen MR) is 298 cm³/mol. The normalized spacial score (nSPS) is 18.2. The first-order chi connectivity index (χ1) is 36.6. The zero-order valence-electron chi connectivity index (χ0n) is 46.0. The maximum absolute atomic E-state index is 13.5. The van der Waals surface area contributed by atoms with Crippen LogP contribution in [0.5, 0.6) is 0 Å². The lowest BCUT2D eigenvalue weighted by molar-refractivity contribution is -0.322. The molecule has 1 aliphatic heterocycles. The van der Waals surface area contributed by atoms with Crippen molar-refractivity contribution < 1.29 is 55.7 Å². The van der Waals surface area contributed by atoms with Gasteiger partial charge in [0.25, 0.3) is 10.1 Å². The Morgan fingerprint density at radius 3 is 1.23 bits per heavy atom. The fourth-order valence-electron chi connectivity index (χ4n) is 9.62. The van der Waals surface area contributed by atoms with Gasteiger partial charge in [0.2, 0.25) is 0 Å². The summed E-state index contributed by atoms with van der Waals surface area (Å²) in [5.41, 5.74) is 2.54. The van der Waals surface area contributed by atoms with E-state index in [-0.39, 0.29) is 51.8 Å². The molecule has 1 unspecified atom stereocenters. The van der Waals surface area contributed by atoms with Gasteiger partial charge in [0.1, 0.15) is 36.8 Å². The Hall–Kier alpha value is -3.69. The molecule has 13 heteroatoms. The molecule has 75 heavy (non-hydrogen) atoms. The smallest absolute Gasteiger partial charge is 0.306 e. The summed E-state index contributed by atoms with van der Waals surface area (Å²) in [6.45, 7) is 4.29. The first-order valence-corrected chi connectivity index (χ1v) is 30.8. The Morgan fingerprint density at radius 2 is 0.827 bits per heavy atom. The molecule has 0 amide bonds. The Bertz CT molecular complexity index is 1970. The van der Waals surface area contributed by atoms with Gasteiger partial charge < -0.3 is 33.2 Å². The highest BCUT2D eigenvalue weighted by atomic mass is 32.2. The number of esters is 2. The quantitative estimate of drug-likeness (QED) is 0.0326. The summed E-state index contributed by atoms with van der Waals surface area (Å²) in [6, 6.07) is 28.5. The van der Waals surface area contributed by atoms with Crippen molar-refractivity contribution in [3.63, 3.8) is 0 Å². The number of rotatable bonds is 45. The average molecular weight is 1070 g/mol. The van der Waals surface area contributed by atoms with E-state index in [1.165, 1.54) is 116 Å². The Morgan fingerprint density at radius 1 is 0.467 bits per heavy atom. The molecule has 3 aromatic rings. The molecule has 422 valence electrons. The topological polar surface area (TPSA) is 153 Å². The molecule has 0 aliphatic carbocycles. The van der Waals surface area contributed by atoms with Crippen molar-refractivity contribution in [1.82, 2.24) is 0 Å². The SMILES string of the molecule is CCCCCCCCCCCCCCCC(=O)OCC(CO[C@H]1O[C@H](CS(=O)(=O)O)[C@@H](OCc2ccccc2)[C@H](OCc2ccccc2)[C@H]1OCc1ccccc1)OC(=O)CCCCCCCCCCCCCCC. The zero-order chi connectivity index (χ0) is 53.4. The molecular formula is C62H96O12S. The molecule has 12 nitrogen and oxygen atoms in total. The molecule has 0 spiro atoms. The van der Waals surface area contributed by atoms with Gasteiger partial charge in [-0.15, -0.1) is 0 Å². The van der Waals surface area contributed by atoms with E-state index < -0.39 is 58.7 Å². The highest BCUT2D eigenvalue weighted by Gasteiger charge is 2.50.